The van der Waals surface area contributed by atoms with Crippen molar-refractivity contribution < 1.29 is 0 Å². The molecule has 33 heavy (non-hydrogen) atoms. The normalized spacial score (nSPS) is 18.9. The molecule has 2 aromatic carbocycles. The Morgan fingerprint density at radius 2 is 1.45 bits per heavy atom. The minimum Gasteiger partial charge on any atom is -0.345 e. The topological polar surface area (TPSA) is 49.2 Å². The number of hydrogen-bond donors (Lipinski definition) is 1. The number of nitrogens with one attached hydrogen (secondary N) is 1. The molecule has 1 aliphatic carbocycles. The van der Waals surface area contributed by atoms with Gasteiger partial charge < -0.3 is 4.98 Å². The summed E-state index contributed by atoms with van der Waals surface area (Å²) >= 11 is 0. The van der Waals surface area contributed by atoms with E-state index in [1.165, 1.54) is 42.5 Å². The second-order valence-corrected chi connectivity index (χ2v) is 9.23. The predicted octanol–water partition coefficient (Wildman–Crippen LogP) is 5.94. The first-order chi connectivity index (χ1) is 16.3. The number of imidazole rings is 1. The number of aromatic amines is 1. The summed E-state index contributed by atoms with van der Waals surface area (Å²) in [5, 5.41) is 0. The highest BCUT2D eigenvalue weighted by molar-refractivity contribution is 5.74. The van der Waals surface area contributed by atoms with Gasteiger partial charge in [0.15, 0.2) is 11.3 Å². The first kappa shape index (κ1) is 20.2. The molecule has 5 heteroatoms. The molecule has 0 atom stereocenters. The fourth-order valence-corrected chi connectivity index (χ4v) is 5.47. The van der Waals surface area contributed by atoms with Crippen LogP contribution in [0.2, 0.25) is 0 Å². The zero-order valence-electron chi connectivity index (χ0n) is 18.8. The van der Waals surface area contributed by atoms with Crippen LogP contribution in [0.25, 0.3) is 16.8 Å². The smallest absolute Gasteiger partial charge is 0.156 e. The van der Waals surface area contributed by atoms with Gasteiger partial charge in [0.05, 0.1) is 11.7 Å². The number of benzene rings is 2. The van der Waals surface area contributed by atoms with E-state index in [4.69, 9.17) is 0 Å². The van der Waals surface area contributed by atoms with E-state index in [9.17, 15) is 0 Å². The molecule has 6 rings (SSSR count). The largest absolute Gasteiger partial charge is 0.345 e. The summed E-state index contributed by atoms with van der Waals surface area (Å²) in [4.78, 5) is 15.1. The van der Waals surface area contributed by atoms with E-state index in [0.717, 1.165) is 29.9 Å². The Bertz CT molecular complexity index is 1290. The van der Waals surface area contributed by atoms with Crippen LogP contribution in [-0.4, -0.2) is 30.3 Å². The second kappa shape index (κ2) is 8.83. The van der Waals surface area contributed by atoms with E-state index in [-0.39, 0.29) is 0 Å². The van der Waals surface area contributed by atoms with E-state index >= 15 is 0 Å². The molecule has 5 aromatic rings. The van der Waals surface area contributed by atoms with Crippen LogP contribution in [0, 0.1) is 0 Å². The number of fused-ring (bicyclic) bond motifs is 3. The molecule has 0 spiro atoms. The molecular weight excluding hydrogens is 406 g/mol. The van der Waals surface area contributed by atoms with Crippen molar-refractivity contribution >= 4 is 16.8 Å². The summed E-state index contributed by atoms with van der Waals surface area (Å²) in [6, 6.07) is 24.5. The molecule has 0 radical (unpaired) electrons. The first-order valence-electron chi connectivity index (χ1n) is 12.0. The Morgan fingerprint density at radius 3 is 2.12 bits per heavy atom. The average Bonchev–Trinajstić information content (AvgIpc) is 3.52. The van der Waals surface area contributed by atoms with Crippen LogP contribution >= 0.6 is 0 Å². The third kappa shape index (κ3) is 4.05. The van der Waals surface area contributed by atoms with Gasteiger partial charge in [-0.3, -0.25) is 9.30 Å². The lowest BCUT2D eigenvalue weighted by molar-refractivity contribution is 0.133. The highest BCUT2D eigenvalue weighted by atomic mass is 15.2. The van der Waals surface area contributed by atoms with Gasteiger partial charge in [-0.05, 0) is 42.9 Å². The van der Waals surface area contributed by atoms with Gasteiger partial charge in [-0.1, -0.05) is 60.7 Å². The molecule has 3 heterocycles. The third-order valence-electron chi connectivity index (χ3n) is 7.16. The van der Waals surface area contributed by atoms with Crippen molar-refractivity contribution in [1.82, 2.24) is 24.3 Å². The fraction of sp³-hybridized carbons (Fsp3) is 0.286. The highest BCUT2D eigenvalue weighted by Gasteiger charge is 2.29. The highest BCUT2D eigenvalue weighted by Crippen LogP contribution is 2.36. The van der Waals surface area contributed by atoms with E-state index < -0.39 is 0 Å². The maximum atomic E-state index is 4.67. The number of rotatable bonds is 6. The van der Waals surface area contributed by atoms with Gasteiger partial charge in [0.25, 0.3) is 0 Å². The van der Waals surface area contributed by atoms with Gasteiger partial charge in [0.2, 0.25) is 0 Å². The van der Waals surface area contributed by atoms with Gasteiger partial charge in [-0.2, -0.15) is 0 Å². The van der Waals surface area contributed by atoms with Gasteiger partial charge in [-0.15, -0.1) is 0 Å². The Labute approximate surface area is 194 Å². The molecule has 0 saturated heterocycles. The Morgan fingerprint density at radius 1 is 0.788 bits per heavy atom. The molecular formula is C28H29N5. The molecule has 1 aliphatic rings. The van der Waals surface area contributed by atoms with Crippen LogP contribution in [0.15, 0.2) is 85.3 Å². The molecule has 1 N–H and O–H groups in total. The molecule has 0 aliphatic heterocycles. The molecule has 5 nitrogen and oxygen atoms in total. The summed E-state index contributed by atoms with van der Waals surface area (Å²) in [6.07, 6.45) is 10.7. The van der Waals surface area contributed by atoms with Gasteiger partial charge >= 0.3 is 0 Å². The minimum atomic E-state index is 0.534. The van der Waals surface area contributed by atoms with Crippen molar-refractivity contribution in [3.63, 3.8) is 0 Å². The van der Waals surface area contributed by atoms with Crippen molar-refractivity contribution in [2.75, 3.05) is 0 Å². The SMILES string of the molecule is c1ccc(CN(Cc2ccccc2)[C@H]2CC[C@@H](c3cnc4cnc5[nH]ccc5n43)CC2)cc1. The molecule has 1 saturated carbocycles. The van der Waals surface area contributed by atoms with E-state index in [0.29, 0.717) is 12.0 Å². The minimum absolute atomic E-state index is 0.534. The monoisotopic (exact) mass is 435 g/mol. The van der Waals surface area contributed by atoms with Gasteiger partial charge in [-0.25, -0.2) is 9.97 Å². The van der Waals surface area contributed by atoms with Crippen molar-refractivity contribution in [3.05, 3.63) is 102 Å². The zero-order chi connectivity index (χ0) is 22.0. The number of H-pyrrole nitrogens is 1. The maximum absolute atomic E-state index is 4.67. The molecule has 166 valence electrons. The van der Waals surface area contributed by atoms with Crippen LogP contribution in [0.3, 0.4) is 0 Å². The van der Waals surface area contributed by atoms with Crippen LogP contribution in [0.4, 0.5) is 0 Å². The van der Waals surface area contributed by atoms with E-state index in [2.05, 4.69) is 97.2 Å². The summed E-state index contributed by atoms with van der Waals surface area (Å²) in [5.74, 6) is 0.534. The quantitative estimate of drug-likeness (QED) is 0.359. The molecule has 0 bridgehead atoms. The first-order valence-corrected chi connectivity index (χ1v) is 12.0. The van der Waals surface area contributed by atoms with Gasteiger partial charge in [0, 0.05) is 43.1 Å². The zero-order valence-corrected chi connectivity index (χ0v) is 18.8. The average molecular weight is 436 g/mol. The predicted molar refractivity (Wildman–Crippen MR) is 132 cm³/mol. The molecule has 1 fully saturated rings. The second-order valence-electron chi connectivity index (χ2n) is 9.23. The van der Waals surface area contributed by atoms with Crippen LogP contribution in [0.1, 0.15) is 48.4 Å². The van der Waals surface area contributed by atoms with Crippen LogP contribution < -0.4 is 0 Å². The van der Waals surface area contributed by atoms with Crippen molar-refractivity contribution in [2.24, 2.45) is 0 Å². The van der Waals surface area contributed by atoms with Crippen molar-refractivity contribution in [2.45, 2.75) is 50.7 Å². The van der Waals surface area contributed by atoms with E-state index in [1.54, 1.807) is 0 Å². The molecule has 0 unspecified atom stereocenters. The maximum Gasteiger partial charge on any atom is 0.156 e. The van der Waals surface area contributed by atoms with Crippen LogP contribution in [0.5, 0.6) is 0 Å². The number of nitrogens with zero attached hydrogens (tertiary/aromatic N) is 4. The number of aromatic nitrogens is 4. The Hall–Kier alpha value is -3.44. The standard InChI is InChI=1S/C28H29N5/c1-3-7-21(8-4-1)19-32(20-22-9-5-2-6-10-22)24-13-11-23(12-14-24)26-17-30-27-18-31-28-25(33(26)27)15-16-29-28/h1-10,15-18,23-24,29H,11-14,19-20H2/t23-,24+. The third-order valence-corrected chi connectivity index (χ3v) is 7.16. The van der Waals surface area contributed by atoms with Crippen LogP contribution in [-0.2, 0) is 13.1 Å². The van der Waals surface area contributed by atoms with Crippen molar-refractivity contribution in [1.29, 1.82) is 0 Å². The fourth-order valence-electron chi connectivity index (χ4n) is 5.47. The van der Waals surface area contributed by atoms with Crippen molar-refractivity contribution in [3.8, 4) is 0 Å². The molecule has 3 aromatic heterocycles. The lowest BCUT2D eigenvalue weighted by atomic mass is 9.83. The van der Waals surface area contributed by atoms with Gasteiger partial charge in [0.1, 0.15) is 0 Å². The summed E-state index contributed by atoms with van der Waals surface area (Å²) in [6.45, 7) is 1.99. The number of hydrogen-bond acceptors (Lipinski definition) is 3. The summed E-state index contributed by atoms with van der Waals surface area (Å²) in [7, 11) is 0. The lowest BCUT2D eigenvalue weighted by Gasteiger charge is -2.37. The Kier molecular flexibility index (Phi) is 5.40. The van der Waals surface area contributed by atoms with E-state index in [1.807, 2.05) is 12.4 Å². The molecule has 0 amide bonds. The Balaban J connectivity index is 1.22. The summed E-state index contributed by atoms with van der Waals surface area (Å²) < 4.78 is 2.30. The lowest BCUT2D eigenvalue weighted by Crippen LogP contribution is -2.37. The summed E-state index contributed by atoms with van der Waals surface area (Å²) in [5.41, 5.74) is 7.09.